The zero-order chi connectivity index (χ0) is 14.1. The number of hydrogen-bond donors (Lipinski definition) is 2. The van der Waals surface area contributed by atoms with Gasteiger partial charge in [-0.25, -0.2) is 4.39 Å². The lowest BCUT2D eigenvalue weighted by Gasteiger charge is -2.12. The molecule has 0 amide bonds. The van der Waals surface area contributed by atoms with Gasteiger partial charge in [0, 0.05) is 39.0 Å². The van der Waals surface area contributed by atoms with Crippen molar-refractivity contribution in [1.29, 1.82) is 0 Å². The number of aromatic nitrogens is 1. The largest absolute Gasteiger partial charge is 0.398 e. The Morgan fingerprint density at radius 1 is 1.05 bits per heavy atom. The molecule has 3 rings (SSSR count). The number of nitrogens with one attached hydrogen (secondary N) is 1. The minimum Gasteiger partial charge on any atom is -0.398 e. The first-order valence-electron chi connectivity index (χ1n) is 5.99. The molecule has 0 bridgehead atoms. The summed E-state index contributed by atoms with van der Waals surface area (Å²) in [4.78, 5) is 4.06. The van der Waals surface area contributed by atoms with Gasteiger partial charge in [0.1, 0.15) is 5.82 Å². The van der Waals surface area contributed by atoms with Gasteiger partial charge in [0.05, 0.1) is 5.69 Å². The fourth-order valence-corrected chi connectivity index (χ4v) is 2.42. The number of pyridine rings is 1. The molecule has 0 aliphatic heterocycles. The van der Waals surface area contributed by atoms with Crippen LogP contribution in [0.3, 0.4) is 0 Å². The van der Waals surface area contributed by atoms with Crippen LogP contribution in [0.1, 0.15) is 0 Å². The molecule has 1 heterocycles. The summed E-state index contributed by atoms with van der Waals surface area (Å²) in [5.74, 6) is -0.313. The third kappa shape index (κ3) is 2.32. The Morgan fingerprint density at radius 3 is 2.75 bits per heavy atom. The molecule has 0 saturated heterocycles. The molecule has 0 radical (unpaired) electrons. The normalized spacial score (nSPS) is 10.7. The lowest BCUT2D eigenvalue weighted by atomic mass is 10.1. The van der Waals surface area contributed by atoms with Gasteiger partial charge in [-0.1, -0.05) is 15.9 Å². The number of nitrogens with zero attached hydrogens (tertiary/aromatic N) is 1. The molecule has 3 aromatic rings. The summed E-state index contributed by atoms with van der Waals surface area (Å²) in [7, 11) is 0. The van der Waals surface area contributed by atoms with Gasteiger partial charge in [0.2, 0.25) is 0 Å². The monoisotopic (exact) mass is 331 g/mol. The van der Waals surface area contributed by atoms with E-state index in [9.17, 15) is 4.39 Å². The van der Waals surface area contributed by atoms with Crippen LogP contribution in [0.2, 0.25) is 0 Å². The summed E-state index contributed by atoms with van der Waals surface area (Å²) in [6.07, 6.45) is 3.39. The highest BCUT2D eigenvalue weighted by Crippen LogP contribution is 2.31. The van der Waals surface area contributed by atoms with Gasteiger partial charge in [0.25, 0.3) is 0 Å². The predicted octanol–water partition coefficient (Wildman–Crippen LogP) is 4.46. The Hall–Kier alpha value is -2.14. The molecule has 0 spiro atoms. The number of nitrogens with two attached hydrogens (primary N) is 1. The number of fused-ring (bicyclic) bond motifs is 1. The first-order valence-corrected chi connectivity index (χ1v) is 6.79. The second-order valence-corrected chi connectivity index (χ2v) is 5.29. The maximum atomic E-state index is 13.8. The minimum atomic E-state index is -0.313. The van der Waals surface area contributed by atoms with Crippen LogP contribution in [-0.2, 0) is 0 Å². The number of benzene rings is 2. The van der Waals surface area contributed by atoms with E-state index in [1.54, 1.807) is 30.6 Å². The van der Waals surface area contributed by atoms with Gasteiger partial charge in [-0.05, 0) is 36.4 Å². The summed E-state index contributed by atoms with van der Waals surface area (Å²) in [5, 5.41) is 4.84. The van der Waals surface area contributed by atoms with Crippen molar-refractivity contribution in [2.45, 2.75) is 0 Å². The standard InChI is InChI=1S/C15H11BrFN3/c16-9-1-2-12(17)15(7-9)20-14-4-3-13(18)11-8-19-6-5-10(11)14/h1-8,20H,18H2. The van der Waals surface area contributed by atoms with Crippen LogP contribution >= 0.6 is 15.9 Å². The second kappa shape index (κ2) is 5.09. The van der Waals surface area contributed by atoms with Crippen molar-refractivity contribution >= 4 is 43.8 Å². The fraction of sp³-hybridized carbons (Fsp3) is 0. The van der Waals surface area contributed by atoms with E-state index < -0.39 is 0 Å². The Bertz CT molecular complexity index is 789. The Balaban J connectivity index is 2.11. The van der Waals surface area contributed by atoms with Gasteiger partial charge in [-0.3, -0.25) is 4.98 Å². The molecule has 0 fully saturated rings. The topological polar surface area (TPSA) is 50.9 Å². The highest BCUT2D eigenvalue weighted by Gasteiger charge is 2.07. The highest BCUT2D eigenvalue weighted by molar-refractivity contribution is 9.10. The van der Waals surface area contributed by atoms with Crippen LogP contribution in [0.5, 0.6) is 0 Å². The summed E-state index contributed by atoms with van der Waals surface area (Å²) >= 11 is 3.33. The molecule has 20 heavy (non-hydrogen) atoms. The first-order chi connectivity index (χ1) is 9.65. The number of halogens is 2. The summed E-state index contributed by atoms with van der Waals surface area (Å²) in [6.45, 7) is 0. The Labute approximate surface area is 123 Å². The maximum absolute atomic E-state index is 13.8. The van der Waals surface area contributed by atoms with Gasteiger partial charge in [-0.15, -0.1) is 0 Å². The van der Waals surface area contributed by atoms with Crippen LogP contribution in [0.4, 0.5) is 21.5 Å². The Kier molecular flexibility index (Phi) is 3.28. The van der Waals surface area contributed by atoms with E-state index in [4.69, 9.17) is 5.73 Å². The van der Waals surface area contributed by atoms with Gasteiger partial charge < -0.3 is 11.1 Å². The smallest absolute Gasteiger partial charge is 0.146 e. The second-order valence-electron chi connectivity index (χ2n) is 4.37. The highest BCUT2D eigenvalue weighted by atomic mass is 79.9. The van der Waals surface area contributed by atoms with Crippen molar-refractivity contribution in [2.75, 3.05) is 11.1 Å². The van der Waals surface area contributed by atoms with Gasteiger partial charge in [-0.2, -0.15) is 0 Å². The van der Waals surface area contributed by atoms with Crippen molar-refractivity contribution in [3.63, 3.8) is 0 Å². The number of anilines is 3. The molecule has 2 aromatic carbocycles. The van der Waals surface area contributed by atoms with E-state index in [1.165, 1.54) is 6.07 Å². The number of rotatable bonds is 2. The van der Waals surface area contributed by atoms with E-state index in [2.05, 4.69) is 26.2 Å². The molecular formula is C15H11BrFN3. The van der Waals surface area contributed by atoms with E-state index in [-0.39, 0.29) is 5.82 Å². The predicted molar refractivity (Wildman–Crippen MR) is 83.5 cm³/mol. The lowest BCUT2D eigenvalue weighted by molar-refractivity contribution is 0.631. The van der Waals surface area contributed by atoms with Gasteiger partial charge in [0.15, 0.2) is 0 Å². The van der Waals surface area contributed by atoms with E-state index in [1.807, 2.05) is 12.1 Å². The molecular weight excluding hydrogens is 321 g/mol. The van der Waals surface area contributed by atoms with Crippen molar-refractivity contribution < 1.29 is 4.39 Å². The molecule has 0 aliphatic carbocycles. The number of nitrogen functional groups attached to an aromatic ring is 1. The summed E-state index contributed by atoms with van der Waals surface area (Å²) < 4.78 is 14.6. The fourth-order valence-electron chi connectivity index (χ4n) is 2.06. The number of hydrogen-bond acceptors (Lipinski definition) is 3. The van der Waals surface area contributed by atoms with Crippen LogP contribution in [0.25, 0.3) is 10.8 Å². The van der Waals surface area contributed by atoms with Crippen LogP contribution in [-0.4, -0.2) is 4.98 Å². The molecule has 3 nitrogen and oxygen atoms in total. The molecule has 0 saturated carbocycles. The molecule has 0 atom stereocenters. The first kappa shape index (κ1) is 12.9. The van der Waals surface area contributed by atoms with E-state index in [0.29, 0.717) is 11.4 Å². The van der Waals surface area contributed by atoms with Crippen molar-refractivity contribution in [1.82, 2.24) is 4.98 Å². The molecule has 5 heteroatoms. The van der Waals surface area contributed by atoms with Crippen molar-refractivity contribution in [3.8, 4) is 0 Å². The zero-order valence-electron chi connectivity index (χ0n) is 10.4. The third-order valence-corrected chi connectivity index (χ3v) is 3.54. The quantitative estimate of drug-likeness (QED) is 0.681. The van der Waals surface area contributed by atoms with Crippen molar-refractivity contribution in [3.05, 3.63) is 59.1 Å². The van der Waals surface area contributed by atoms with E-state index >= 15 is 0 Å². The lowest BCUT2D eigenvalue weighted by Crippen LogP contribution is -1.96. The Morgan fingerprint density at radius 2 is 1.90 bits per heavy atom. The maximum Gasteiger partial charge on any atom is 0.146 e. The van der Waals surface area contributed by atoms with Crippen LogP contribution in [0.15, 0.2) is 53.3 Å². The molecule has 1 aromatic heterocycles. The molecule has 100 valence electrons. The molecule has 0 aliphatic rings. The SMILES string of the molecule is Nc1ccc(Nc2cc(Br)ccc2F)c2ccncc12. The van der Waals surface area contributed by atoms with Crippen LogP contribution in [0, 0.1) is 5.82 Å². The molecule has 0 unspecified atom stereocenters. The van der Waals surface area contributed by atoms with Crippen LogP contribution < -0.4 is 11.1 Å². The average molecular weight is 332 g/mol. The average Bonchev–Trinajstić information content (AvgIpc) is 2.46. The van der Waals surface area contributed by atoms with Gasteiger partial charge >= 0.3 is 0 Å². The third-order valence-electron chi connectivity index (χ3n) is 3.05. The van der Waals surface area contributed by atoms with E-state index in [0.717, 1.165) is 20.9 Å². The zero-order valence-corrected chi connectivity index (χ0v) is 12.0. The van der Waals surface area contributed by atoms with Crippen molar-refractivity contribution in [2.24, 2.45) is 0 Å². The minimum absolute atomic E-state index is 0.313. The summed E-state index contributed by atoms with van der Waals surface area (Å²) in [6, 6.07) is 10.2. The summed E-state index contributed by atoms with van der Waals surface area (Å²) in [5.41, 5.74) is 7.76. The molecule has 3 N–H and O–H groups in total.